The zero-order valence-electron chi connectivity index (χ0n) is 14.7. The number of amides is 1. The van der Waals surface area contributed by atoms with Crippen molar-refractivity contribution in [1.82, 2.24) is 0 Å². The summed E-state index contributed by atoms with van der Waals surface area (Å²) >= 11 is 0. The molecule has 0 N–H and O–H groups in total. The van der Waals surface area contributed by atoms with E-state index in [2.05, 4.69) is 0 Å². The summed E-state index contributed by atoms with van der Waals surface area (Å²) in [5.74, 6) is 0.959. The Labute approximate surface area is 147 Å². The van der Waals surface area contributed by atoms with Crippen LogP contribution >= 0.6 is 0 Å². The second-order valence-corrected chi connectivity index (χ2v) is 6.29. The van der Waals surface area contributed by atoms with E-state index in [0.29, 0.717) is 11.5 Å². The summed E-state index contributed by atoms with van der Waals surface area (Å²) < 4.78 is 24.0. The lowest BCUT2D eigenvalue weighted by molar-refractivity contribution is -0.118. The van der Waals surface area contributed by atoms with Gasteiger partial charge in [0.15, 0.2) is 11.5 Å². The summed E-state index contributed by atoms with van der Waals surface area (Å²) in [5, 5.41) is 0. The van der Waals surface area contributed by atoms with Gasteiger partial charge in [0.2, 0.25) is 5.91 Å². The van der Waals surface area contributed by atoms with Crippen molar-refractivity contribution < 1.29 is 18.7 Å². The Hall–Kier alpha value is -2.56. The van der Waals surface area contributed by atoms with E-state index < -0.39 is 0 Å². The molecule has 5 heteroatoms. The van der Waals surface area contributed by atoms with E-state index >= 15 is 0 Å². The molecule has 0 saturated heterocycles. The van der Waals surface area contributed by atoms with Gasteiger partial charge in [-0.05, 0) is 61.2 Å². The lowest BCUT2D eigenvalue weighted by Crippen LogP contribution is -2.43. The Morgan fingerprint density at radius 1 is 1.16 bits per heavy atom. The fraction of sp³-hybridized carbons (Fsp3) is 0.350. The van der Waals surface area contributed by atoms with Gasteiger partial charge in [0.1, 0.15) is 5.82 Å². The SMILES string of the molecule is COc1ccc(CC(=O)N2c3ccc(F)cc3CC[C@H]2C)cc1OC. The zero-order chi connectivity index (χ0) is 18.0. The molecule has 1 aliphatic rings. The Balaban J connectivity index is 1.86. The van der Waals surface area contributed by atoms with Crippen molar-refractivity contribution in [3.05, 3.63) is 53.3 Å². The van der Waals surface area contributed by atoms with Gasteiger partial charge in [0.25, 0.3) is 0 Å². The third kappa shape index (κ3) is 3.45. The molecule has 25 heavy (non-hydrogen) atoms. The molecule has 1 heterocycles. The maximum absolute atomic E-state index is 13.5. The second-order valence-electron chi connectivity index (χ2n) is 6.29. The monoisotopic (exact) mass is 343 g/mol. The van der Waals surface area contributed by atoms with Crippen LogP contribution in [0, 0.1) is 5.82 Å². The molecule has 1 amide bonds. The van der Waals surface area contributed by atoms with Crippen LogP contribution < -0.4 is 14.4 Å². The average Bonchev–Trinajstić information content (AvgIpc) is 2.61. The molecule has 2 aromatic rings. The minimum absolute atomic E-state index is 0.00715. The Bertz CT molecular complexity index is 791. The quantitative estimate of drug-likeness (QED) is 0.849. The number of ether oxygens (including phenoxy) is 2. The van der Waals surface area contributed by atoms with Crippen molar-refractivity contribution in [1.29, 1.82) is 0 Å². The molecule has 132 valence electrons. The first kappa shape index (κ1) is 17.3. The van der Waals surface area contributed by atoms with Crippen molar-refractivity contribution in [2.24, 2.45) is 0 Å². The largest absolute Gasteiger partial charge is 0.493 e. The molecule has 0 spiro atoms. The van der Waals surface area contributed by atoms with Crippen LogP contribution in [0.2, 0.25) is 0 Å². The van der Waals surface area contributed by atoms with Crippen LogP contribution in [-0.4, -0.2) is 26.2 Å². The van der Waals surface area contributed by atoms with E-state index in [0.717, 1.165) is 29.7 Å². The lowest BCUT2D eigenvalue weighted by Gasteiger charge is -2.35. The molecule has 4 nitrogen and oxygen atoms in total. The van der Waals surface area contributed by atoms with Gasteiger partial charge >= 0.3 is 0 Å². The molecule has 1 aliphatic heterocycles. The van der Waals surface area contributed by atoms with Crippen molar-refractivity contribution in [3.8, 4) is 11.5 Å². The maximum Gasteiger partial charge on any atom is 0.231 e. The molecular formula is C20H22FNO3. The van der Waals surface area contributed by atoms with Crippen molar-refractivity contribution >= 4 is 11.6 Å². The number of rotatable bonds is 4. The van der Waals surface area contributed by atoms with Gasteiger partial charge in [-0.1, -0.05) is 6.07 Å². The van der Waals surface area contributed by atoms with Crippen LogP contribution in [0.1, 0.15) is 24.5 Å². The van der Waals surface area contributed by atoms with E-state index in [1.54, 1.807) is 31.3 Å². The molecule has 0 aromatic heterocycles. The maximum atomic E-state index is 13.5. The van der Waals surface area contributed by atoms with Gasteiger partial charge in [-0.25, -0.2) is 4.39 Å². The standard InChI is InChI=1S/C20H22FNO3/c1-13-4-6-15-12-16(21)7-8-17(15)22(13)20(23)11-14-5-9-18(24-2)19(10-14)25-3/h5,7-10,12-13H,4,6,11H2,1-3H3/t13-/m1/s1. The van der Waals surface area contributed by atoms with Gasteiger partial charge in [0, 0.05) is 11.7 Å². The molecule has 0 unspecified atom stereocenters. The van der Waals surface area contributed by atoms with Gasteiger partial charge in [-0.15, -0.1) is 0 Å². The highest BCUT2D eigenvalue weighted by Gasteiger charge is 2.28. The molecule has 0 radical (unpaired) electrons. The number of benzene rings is 2. The van der Waals surface area contributed by atoms with Crippen molar-refractivity contribution in [2.45, 2.75) is 32.2 Å². The minimum atomic E-state index is -0.263. The van der Waals surface area contributed by atoms with Crippen LogP contribution in [0.5, 0.6) is 11.5 Å². The lowest BCUT2D eigenvalue weighted by atomic mass is 9.95. The number of nitrogens with zero attached hydrogens (tertiary/aromatic N) is 1. The van der Waals surface area contributed by atoms with Crippen LogP contribution in [0.3, 0.4) is 0 Å². The molecule has 0 fully saturated rings. The molecule has 2 aromatic carbocycles. The fourth-order valence-electron chi connectivity index (χ4n) is 3.35. The number of carbonyl (C=O) groups is 1. The summed E-state index contributed by atoms with van der Waals surface area (Å²) in [6.45, 7) is 2.03. The first-order valence-corrected chi connectivity index (χ1v) is 8.35. The summed E-state index contributed by atoms with van der Waals surface area (Å²) in [4.78, 5) is 14.7. The third-order valence-electron chi connectivity index (χ3n) is 4.65. The molecule has 0 aliphatic carbocycles. The van der Waals surface area contributed by atoms with Gasteiger partial charge in [-0.3, -0.25) is 4.79 Å². The van der Waals surface area contributed by atoms with Crippen LogP contribution in [0.15, 0.2) is 36.4 Å². The molecule has 0 saturated carbocycles. The first-order chi connectivity index (χ1) is 12.0. The number of methoxy groups -OCH3 is 2. The van der Waals surface area contributed by atoms with E-state index in [-0.39, 0.29) is 24.2 Å². The third-order valence-corrected chi connectivity index (χ3v) is 4.65. The highest BCUT2D eigenvalue weighted by Crippen LogP contribution is 2.33. The van der Waals surface area contributed by atoms with Crippen LogP contribution in [0.4, 0.5) is 10.1 Å². The minimum Gasteiger partial charge on any atom is -0.493 e. The van der Waals surface area contributed by atoms with Crippen molar-refractivity contribution in [3.63, 3.8) is 0 Å². The normalized spacial score (nSPS) is 16.3. The highest BCUT2D eigenvalue weighted by atomic mass is 19.1. The predicted molar refractivity (Wildman–Crippen MR) is 94.9 cm³/mol. The summed E-state index contributed by atoms with van der Waals surface area (Å²) in [6.07, 6.45) is 1.87. The number of halogens is 1. The summed E-state index contributed by atoms with van der Waals surface area (Å²) in [5.41, 5.74) is 2.55. The summed E-state index contributed by atoms with van der Waals surface area (Å²) in [6, 6.07) is 10.2. The molecular weight excluding hydrogens is 321 g/mol. The Kier molecular flexibility index (Phi) is 4.93. The Morgan fingerprint density at radius 2 is 1.92 bits per heavy atom. The van der Waals surface area contributed by atoms with E-state index in [1.807, 2.05) is 19.1 Å². The zero-order valence-corrected chi connectivity index (χ0v) is 14.7. The smallest absolute Gasteiger partial charge is 0.231 e. The highest BCUT2D eigenvalue weighted by molar-refractivity contribution is 5.96. The van der Waals surface area contributed by atoms with Gasteiger partial charge in [-0.2, -0.15) is 0 Å². The van der Waals surface area contributed by atoms with E-state index in [9.17, 15) is 9.18 Å². The number of fused-ring (bicyclic) bond motifs is 1. The number of hydrogen-bond donors (Lipinski definition) is 0. The fourth-order valence-corrected chi connectivity index (χ4v) is 3.35. The van der Waals surface area contributed by atoms with Crippen LogP contribution in [-0.2, 0) is 17.6 Å². The molecule has 0 bridgehead atoms. The van der Waals surface area contributed by atoms with Crippen molar-refractivity contribution in [2.75, 3.05) is 19.1 Å². The average molecular weight is 343 g/mol. The number of hydrogen-bond acceptors (Lipinski definition) is 3. The second kappa shape index (κ2) is 7.13. The van der Waals surface area contributed by atoms with E-state index in [4.69, 9.17) is 9.47 Å². The molecule has 3 rings (SSSR count). The molecule has 1 atom stereocenters. The van der Waals surface area contributed by atoms with Gasteiger partial charge in [0.05, 0.1) is 20.6 Å². The number of carbonyl (C=O) groups excluding carboxylic acids is 1. The summed E-state index contributed by atoms with van der Waals surface area (Å²) in [7, 11) is 3.15. The van der Waals surface area contributed by atoms with Gasteiger partial charge < -0.3 is 14.4 Å². The van der Waals surface area contributed by atoms with Crippen LogP contribution in [0.25, 0.3) is 0 Å². The predicted octanol–water partition coefficient (Wildman–Crippen LogP) is 3.75. The Morgan fingerprint density at radius 3 is 2.64 bits per heavy atom. The first-order valence-electron chi connectivity index (χ1n) is 8.35. The van der Waals surface area contributed by atoms with E-state index in [1.165, 1.54) is 12.1 Å². The topological polar surface area (TPSA) is 38.8 Å². The number of aryl methyl sites for hydroxylation is 1. The number of anilines is 1.